The molecular weight excluding hydrogens is 186 g/mol. The second-order valence-electron chi connectivity index (χ2n) is 3.44. The maximum absolute atomic E-state index is 9.10. The van der Waals surface area contributed by atoms with Crippen molar-refractivity contribution in [2.75, 3.05) is 13.6 Å². The normalized spacial score (nSPS) is 22.0. The van der Waals surface area contributed by atoms with Crippen molar-refractivity contribution in [3.63, 3.8) is 0 Å². The van der Waals surface area contributed by atoms with Crippen LogP contribution in [0.25, 0.3) is 0 Å². The number of rotatable bonds is 0. The number of hydrogen-bond acceptors (Lipinski definition) is 3. The van der Waals surface area contributed by atoms with Crippen molar-refractivity contribution in [3.05, 3.63) is 0 Å². The van der Waals surface area contributed by atoms with Gasteiger partial charge in [-0.3, -0.25) is 0 Å². The molecular formula is C9H17NO4. The Bertz CT molecular complexity index is 183. The summed E-state index contributed by atoms with van der Waals surface area (Å²) in [5.74, 6) is -3.65. The van der Waals surface area contributed by atoms with Crippen molar-refractivity contribution in [2.24, 2.45) is 0 Å². The summed E-state index contributed by atoms with van der Waals surface area (Å²) >= 11 is 0. The number of carboxylic acid groups (broad SMARTS) is 2. The van der Waals surface area contributed by atoms with Crippen LogP contribution in [0.1, 0.15) is 26.2 Å². The zero-order chi connectivity index (χ0) is 11.1. The molecule has 1 rings (SSSR count). The standard InChI is InChI=1S/C7H15N.C2H2O4/c1-7-5-3-4-6-8(7)2;3-1(4)2(5)6/h7H,3-6H2,1-2H3;(H,3,4)(H,5,6). The van der Waals surface area contributed by atoms with Crippen molar-refractivity contribution in [1.29, 1.82) is 0 Å². The van der Waals surface area contributed by atoms with Crippen LogP contribution in [-0.4, -0.2) is 46.7 Å². The van der Waals surface area contributed by atoms with Crippen LogP contribution in [0.2, 0.25) is 0 Å². The van der Waals surface area contributed by atoms with Gasteiger partial charge >= 0.3 is 11.9 Å². The van der Waals surface area contributed by atoms with E-state index in [1.807, 2.05) is 0 Å². The molecule has 2 N–H and O–H groups in total. The van der Waals surface area contributed by atoms with E-state index in [1.54, 1.807) is 0 Å². The summed E-state index contributed by atoms with van der Waals surface area (Å²) in [6.07, 6.45) is 4.24. The first-order valence-electron chi connectivity index (χ1n) is 4.61. The van der Waals surface area contributed by atoms with E-state index in [1.165, 1.54) is 25.8 Å². The van der Waals surface area contributed by atoms with Crippen LogP contribution >= 0.6 is 0 Å². The van der Waals surface area contributed by atoms with Crippen LogP contribution < -0.4 is 0 Å². The molecule has 1 heterocycles. The zero-order valence-electron chi connectivity index (χ0n) is 8.56. The second kappa shape index (κ2) is 6.37. The first-order valence-corrected chi connectivity index (χ1v) is 4.61. The molecule has 5 nitrogen and oxygen atoms in total. The van der Waals surface area contributed by atoms with Crippen LogP contribution in [0, 0.1) is 0 Å². The molecule has 0 aromatic carbocycles. The quantitative estimate of drug-likeness (QED) is 0.565. The van der Waals surface area contributed by atoms with Gasteiger partial charge in [-0.15, -0.1) is 0 Å². The van der Waals surface area contributed by atoms with Gasteiger partial charge in [0, 0.05) is 6.04 Å². The minimum absolute atomic E-state index is 0.837. The lowest BCUT2D eigenvalue weighted by molar-refractivity contribution is -0.159. The molecule has 0 aliphatic carbocycles. The first-order chi connectivity index (χ1) is 6.45. The summed E-state index contributed by atoms with van der Waals surface area (Å²) in [5, 5.41) is 14.8. The Morgan fingerprint density at radius 2 is 1.71 bits per heavy atom. The fourth-order valence-electron chi connectivity index (χ4n) is 1.24. The molecule has 82 valence electrons. The van der Waals surface area contributed by atoms with E-state index in [0.29, 0.717) is 0 Å². The van der Waals surface area contributed by atoms with Crippen LogP contribution in [0.4, 0.5) is 0 Å². The number of hydrogen-bond donors (Lipinski definition) is 2. The van der Waals surface area contributed by atoms with Crippen LogP contribution in [0.15, 0.2) is 0 Å². The third kappa shape index (κ3) is 5.53. The fraction of sp³-hybridized carbons (Fsp3) is 0.778. The molecule has 1 saturated heterocycles. The summed E-state index contributed by atoms with van der Waals surface area (Å²) in [7, 11) is 2.21. The highest BCUT2D eigenvalue weighted by Crippen LogP contribution is 2.13. The molecule has 1 atom stereocenters. The lowest BCUT2D eigenvalue weighted by atomic mass is 10.1. The van der Waals surface area contributed by atoms with Gasteiger partial charge in [0.2, 0.25) is 0 Å². The third-order valence-electron chi connectivity index (χ3n) is 2.32. The smallest absolute Gasteiger partial charge is 0.414 e. The minimum Gasteiger partial charge on any atom is -0.473 e. The molecule has 0 saturated carbocycles. The lowest BCUT2D eigenvalue weighted by Gasteiger charge is -2.29. The number of aliphatic carboxylic acids is 2. The largest absolute Gasteiger partial charge is 0.473 e. The molecule has 0 amide bonds. The number of carboxylic acids is 2. The maximum atomic E-state index is 9.10. The molecule has 0 radical (unpaired) electrons. The maximum Gasteiger partial charge on any atom is 0.414 e. The molecule has 0 aromatic heterocycles. The Morgan fingerprint density at radius 3 is 1.93 bits per heavy atom. The van der Waals surface area contributed by atoms with Crippen molar-refractivity contribution in [3.8, 4) is 0 Å². The third-order valence-corrected chi connectivity index (χ3v) is 2.32. The highest BCUT2D eigenvalue weighted by molar-refractivity contribution is 6.27. The monoisotopic (exact) mass is 203 g/mol. The van der Waals surface area contributed by atoms with E-state index in [0.717, 1.165) is 6.04 Å². The summed E-state index contributed by atoms with van der Waals surface area (Å²) < 4.78 is 0. The summed E-state index contributed by atoms with van der Waals surface area (Å²) in [4.78, 5) is 20.6. The summed E-state index contributed by atoms with van der Waals surface area (Å²) in [6.45, 7) is 3.61. The summed E-state index contributed by atoms with van der Waals surface area (Å²) in [5.41, 5.74) is 0. The molecule has 1 unspecified atom stereocenters. The average molecular weight is 203 g/mol. The summed E-state index contributed by atoms with van der Waals surface area (Å²) in [6, 6.07) is 0.837. The number of nitrogens with zero attached hydrogens (tertiary/aromatic N) is 1. The van der Waals surface area contributed by atoms with Gasteiger partial charge in [-0.05, 0) is 33.4 Å². The van der Waals surface area contributed by atoms with Crippen molar-refractivity contribution >= 4 is 11.9 Å². The van der Waals surface area contributed by atoms with Crippen molar-refractivity contribution in [2.45, 2.75) is 32.2 Å². The fourth-order valence-corrected chi connectivity index (χ4v) is 1.24. The van der Waals surface area contributed by atoms with E-state index < -0.39 is 11.9 Å². The Hall–Kier alpha value is -1.10. The molecule has 1 aliphatic heterocycles. The van der Waals surface area contributed by atoms with Gasteiger partial charge in [0.15, 0.2) is 0 Å². The SMILES string of the molecule is CC1CCCCN1C.O=C(O)C(=O)O. The van der Waals surface area contributed by atoms with E-state index in [-0.39, 0.29) is 0 Å². The van der Waals surface area contributed by atoms with E-state index in [2.05, 4.69) is 18.9 Å². The predicted octanol–water partition coefficient (Wildman–Crippen LogP) is 0.646. The van der Waals surface area contributed by atoms with Gasteiger partial charge in [0.05, 0.1) is 0 Å². The minimum atomic E-state index is -1.82. The van der Waals surface area contributed by atoms with Crippen molar-refractivity contribution in [1.82, 2.24) is 4.90 Å². The van der Waals surface area contributed by atoms with Crippen LogP contribution in [0.3, 0.4) is 0 Å². The van der Waals surface area contributed by atoms with E-state index in [9.17, 15) is 0 Å². The van der Waals surface area contributed by atoms with Crippen LogP contribution in [0.5, 0.6) is 0 Å². The molecule has 14 heavy (non-hydrogen) atoms. The van der Waals surface area contributed by atoms with E-state index in [4.69, 9.17) is 19.8 Å². The van der Waals surface area contributed by atoms with Gasteiger partial charge in [0.1, 0.15) is 0 Å². The van der Waals surface area contributed by atoms with Crippen LogP contribution in [-0.2, 0) is 9.59 Å². The highest BCUT2D eigenvalue weighted by Gasteiger charge is 2.12. The molecule has 1 aliphatic rings. The number of carbonyl (C=O) groups is 2. The lowest BCUT2D eigenvalue weighted by Crippen LogP contribution is -2.33. The Labute approximate surface area is 83.3 Å². The van der Waals surface area contributed by atoms with E-state index >= 15 is 0 Å². The van der Waals surface area contributed by atoms with Gasteiger partial charge in [-0.25, -0.2) is 9.59 Å². The molecule has 0 aromatic rings. The van der Waals surface area contributed by atoms with Crippen molar-refractivity contribution < 1.29 is 19.8 Å². The Morgan fingerprint density at radius 1 is 1.21 bits per heavy atom. The molecule has 5 heteroatoms. The van der Waals surface area contributed by atoms with Gasteiger partial charge in [-0.2, -0.15) is 0 Å². The number of piperidine rings is 1. The zero-order valence-corrected chi connectivity index (χ0v) is 8.56. The second-order valence-corrected chi connectivity index (χ2v) is 3.44. The molecule has 0 spiro atoms. The topological polar surface area (TPSA) is 77.8 Å². The average Bonchev–Trinajstić information content (AvgIpc) is 2.11. The van der Waals surface area contributed by atoms with Gasteiger partial charge in [0.25, 0.3) is 0 Å². The van der Waals surface area contributed by atoms with Gasteiger partial charge in [-0.1, -0.05) is 6.42 Å². The molecule has 0 bridgehead atoms. The predicted molar refractivity (Wildman–Crippen MR) is 51.2 cm³/mol. The number of likely N-dealkylation sites (tertiary alicyclic amines) is 1. The first kappa shape index (κ1) is 12.9. The van der Waals surface area contributed by atoms with Gasteiger partial charge < -0.3 is 15.1 Å². The highest BCUT2D eigenvalue weighted by atomic mass is 16.4. The Kier molecular flexibility index (Phi) is 5.87. The molecule has 1 fully saturated rings. The Balaban J connectivity index is 0.000000255.